The molecule has 0 unspecified atom stereocenters. The van der Waals surface area contributed by atoms with Crippen LogP contribution in [0.5, 0.6) is 11.5 Å². The van der Waals surface area contributed by atoms with Crippen LogP contribution in [0.25, 0.3) is 0 Å². The van der Waals surface area contributed by atoms with Crippen molar-refractivity contribution in [1.29, 1.82) is 0 Å². The van der Waals surface area contributed by atoms with Gasteiger partial charge in [0, 0.05) is 5.02 Å². The Morgan fingerprint density at radius 2 is 2.04 bits per heavy atom. The van der Waals surface area contributed by atoms with Crippen molar-refractivity contribution in [3.8, 4) is 11.5 Å². The first kappa shape index (κ1) is 18.8. The largest absolute Gasteiger partial charge is 0.497 e. The quantitative estimate of drug-likeness (QED) is 0.603. The third-order valence-corrected chi connectivity index (χ3v) is 3.61. The summed E-state index contributed by atoms with van der Waals surface area (Å²) in [5, 5.41) is 4.49. The van der Waals surface area contributed by atoms with Crippen molar-refractivity contribution >= 4 is 23.7 Å². The van der Waals surface area contributed by atoms with Crippen LogP contribution in [0.15, 0.2) is 47.6 Å². The molecule has 0 spiro atoms. The predicted octanol–water partition coefficient (Wildman–Crippen LogP) is 3.83. The molecule has 0 aliphatic carbocycles. The van der Waals surface area contributed by atoms with Crippen molar-refractivity contribution < 1.29 is 14.3 Å². The highest BCUT2D eigenvalue weighted by Gasteiger charge is 2.08. The summed E-state index contributed by atoms with van der Waals surface area (Å²) < 4.78 is 10.8. The van der Waals surface area contributed by atoms with Gasteiger partial charge in [-0.1, -0.05) is 23.7 Å². The SMILES string of the molecule is COc1ccc(Cl)c(CC(=O)N/N=C/c2cccc(OC(C)C)c2)c1. The molecule has 0 saturated carbocycles. The topological polar surface area (TPSA) is 59.9 Å². The molecule has 0 bridgehead atoms. The summed E-state index contributed by atoms with van der Waals surface area (Å²) in [6.45, 7) is 3.93. The molecule has 0 heterocycles. The Morgan fingerprint density at radius 3 is 2.76 bits per heavy atom. The van der Waals surface area contributed by atoms with Crippen LogP contribution in [-0.4, -0.2) is 25.3 Å². The molecule has 2 aromatic carbocycles. The molecule has 0 fully saturated rings. The van der Waals surface area contributed by atoms with E-state index in [1.807, 2.05) is 38.1 Å². The van der Waals surface area contributed by atoms with E-state index < -0.39 is 0 Å². The van der Waals surface area contributed by atoms with Crippen LogP contribution in [0.1, 0.15) is 25.0 Å². The number of methoxy groups -OCH3 is 1. The Labute approximate surface area is 152 Å². The Bertz CT molecular complexity index is 760. The average molecular weight is 361 g/mol. The average Bonchev–Trinajstić information content (AvgIpc) is 2.56. The second kappa shape index (κ2) is 9.08. The van der Waals surface area contributed by atoms with Gasteiger partial charge in [-0.3, -0.25) is 4.79 Å². The second-order valence-corrected chi connectivity index (χ2v) is 6.07. The van der Waals surface area contributed by atoms with Gasteiger partial charge in [0.25, 0.3) is 0 Å². The number of nitrogens with one attached hydrogen (secondary N) is 1. The number of benzene rings is 2. The Kier molecular flexibility index (Phi) is 6.83. The summed E-state index contributed by atoms with van der Waals surface area (Å²) in [6, 6.07) is 12.7. The number of ether oxygens (including phenoxy) is 2. The molecule has 0 saturated heterocycles. The fourth-order valence-electron chi connectivity index (χ4n) is 2.15. The molecule has 1 amide bonds. The van der Waals surface area contributed by atoms with Crippen LogP contribution in [-0.2, 0) is 11.2 Å². The van der Waals surface area contributed by atoms with E-state index in [-0.39, 0.29) is 18.4 Å². The smallest absolute Gasteiger partial charge is 0.244 e. The molecule has 0 radical (unpaired) electrons. The number of halogens is 1. The maximum atomic E-state index is 12.0. The highest BCUT2D eigenvalue weighted by Crippen LogP contribution is 2.22. The van der Waals surface area contributed by atoms with Crippen LogP contribution in [0.3, 0.4) is 0 Å². The minimum Gasteiger partial charge on any atom is -0.497 e. The maximum absolute atomic E-state index is 12.0. The van der Waals surface area contributed by atoms with Crippen molar-refractivity contribution in [3.05, 3.63) is 58.6 Å². The molecule has 0 aliphatic heterocycles. The van der Waals surface area contributed by atoms with Crippen LogP contribution in [0.2, 0.25) is 5.02 Å². The Balaban J connectivity index is 1.94. The van der Waals surface area contributed by atoms with E-state index in [0.29, 0.717) is 16.3 Å². The molecule has 0 atom stereocenters. The number of nitrogens with zero attached hydrogens (tertiary/aromatic N) is 1. The molecule has 132 valence electrons. The standard InChI is InChI=1S/C19H21ClN2O3/c1-13(2)25-17-6-4-5-14(9-17)12-21-22-19(23)11-15-10-16(24-3)7-8-18(15)20/h4-10,12-13H,11H2,1-3H3,(H,22,23)/b21-12+. The molecule has 0 aromatic heterocycles. The lowest BCUT2D eigenvalue weighted by atomic mass is 10.1. The number of rotatable bonds is 7. The zero-order valence-electron chi connectivity index (χ0n) is 14.5. The van der Waals surface area contributed by atoms with Crippen molar-refractivity contribution in [2.24, 2.45) is 5.10 Å². The first-order valence-corrected chi connectivity index (χ1v) is 8.26. The van der Waals surface area contributed by atoms with Gasteiger partial charge < -0.3 is 9.47 Å². The van der Waals surface area contributed by atoms with E-state index in [9.17, 15) is 4.79 Å². The van der Waals surface area contributed by atoms with Crippen LogP contribution >= 0.6 is 11.6 Å². The van der Waals surface area contributed by atoms with Gasteiger partial charge in [-0.2, -0.15) is 5.10 Å². The van der Waals surface area contributed by atoms with Crippen molar-refractivity contribution in [3.63, 3.8) is 0 Å². The van der Waals surface area contributed by atoms with Crippen LogP contribution in [0.4, 0.5) is 0 Å². The number of carbonyl (C=O) groups excluding carboxylic acids is 1. The number of amides is 1. The molecule has 0 aliphatic rings. The molecule has 25 heavy (non-hydrogen) atoms. The van der Waals surface area contributed by atoms with Crippen molar-refractivity contribution in [2.45, 2.75) is 26.4 Å². The lowest BCUT2D eigenvalue weighted by Crippen LogP contribution is -2.20. The lowest BCUT2D eigenvalue weighted by molar-refractivity contribution is -0.120. The molecular formula is C19H21ClN2O3. The fraction of sp³-hybridized carbons (Fsp3) is 0.263. The van der Waals surface area contributed by atoms with Gasteiger partial charge >= 0.3 is 0 Å². The van der Waals surface area contributed by atoms with Gasteiger partial charge in [0.05, 0.1) is 25.8 Å². The number of hydrogen-bond acceptors (Lipinski definition) is 4. The van der Waals surface area contributed by atoms with Crippen LogP contribution in [0, 0.1) is 0 Å². The normalized spacial score (nSPS) is 10.9. The number of hydrazone groups is 1. The minimum absolute atomic E-state index is 0.0968. The second-order valence-electron chi connectivity index (χ2n) is 5.67. The van der Waals surface area contributed by atoms with Gasteiger partial charge in [0.15, 0.2) is 0 Å². The highest BCUT2D eigenvalue weighted by molar-refractivity contribution is 6.31. The fourth-order valence-corrected chi connectivity index (χ4v) is 2.33. The van der Waals surface area contributed by atoms with E-state index in [1.165, 1.54) is 0 Å². The minimum atomic E-state index is -0.263. The van der Waals surface area contributed by atoms with E-state index >= 15 is 0 Å². The van der Waals surface area contributed by atoms with E-state index in [4.69, 9.17) is 21.1 Å². The zero-order chi connectivity index (χ0) is 18.2. The van der Waals surface area contributed by atoms with Gasteiger partial charge in [0.1, 0.15) is 11.5 Å². The summed E-state index contributed by atoms with van der Waals surface area (Å²) in [5.74, 6) is 1.15. The number of hydrogen-bond donors (Lipinski definition) is 1. The third-order valence-electron chi connectivity index (χ3n) is 3.24. The van der Waals surface area contributed by atoms with Crippen LogP contribution < -0.4 is 14.9 Å². The summed E-state index contributed by atoms with van der Waals surface area (Å²) in [6.07, 6.45) is 1.78. The Morgan fingerprint density at radius 1 is 1.24 bits per heavy atom. The summed E-state index contributed by atoms with van der Waals surface area (Å²) in [7, 11) is 1.56. The molecule has 5 nitrogen and oxygen atoms in total. The molecular weight excluding hydrogens is 340 g/mol. The predicted molar refractivity (Wildman–Crippen MR) is 99.7 cm³/mol. The summed E-state index contributed by atoms with van der Waals surface area (Å²) in [5.41, 5.74) is 4.01. The molecule has 6 heteroatoms. The first-order valence-electron chi connectivity index (χ1n) is 7.89. The molecule has 2 aromatic rings. The van der Waals surface area contributed by atoms with Gasteiger partial charge in [-0.15, -0.1) is 0 Å². The van der Waals surface area contributed by atoms with E-state index in [0.717, 1.165) is 11.3 Å². The van der Waals surface area contributed by atoms with Gasteiger partial charge in [-0.25, -0.2) is 5.43 Å². The third kappa shape index (κ3) is 6.12. The van der Waals surface area contributed by atoms with Gasteiger partial charge in [-0.05, 0) is 55.3 Å². The van der Waals surface area contributed by atoms with Gasteiger partial charge in [0.2, 0.25) is 5.91 Å². The summed E-state index contributed by atoms with van der Waals surface area (Å²) in [4.78, 5) is 12.0. The monoisotopic (exact) mass is 360 g/mol. The molecule has 1 N–H and O–H groups in total. The zero-order valence-corrected chi connectivity index (χ0v) is 15.2. The first-order chi connectivity index (χ1) is 12.0. The highest BCUT2D eigenvalue weighted by atomic mass is 35.5. The molecule has 2 rings (SSSR count). The van der Waals surface area contributed by atoms with Crippen molar-refractivity contribution in [1.82, 2.24) is 5.43 Å². The Hall–Kier alpha value is -2.53. The van der Waals surface area contributed by atoms with E-state index in [1.54, 1.807) is 31.5 Å². The van der Waals surface area contributed by atoms with E-state index in [2.05, 4.69) is 10.5 Å². The number of carbonyl (C=O) groups is 1. The van der Waals surface area contributed by atoms with Crippen molar-refractivity contribution in [2.75, 3.05) is 7.11 Å². The maximum Gasteiger partial charge on any atom is 0.244 e. The summed E-state index contributed by atoms with van der Waals surface area (Å²) >= 11 is 6.10. The lowest BCUT2D eigenvalue weighted by Gasteiger charge is -2.09.